The number of aliphatic hydroxyl groups is 1. The van der Waals surface area contributed by atoms with Gasteiger partial charge in [-0.25, -0.2) is 4.98 Å². The summed E-state index contributed by atoms with van der Waals surface area (Å²) in [6.07, 6.45) is 0. The van der Waals surface area contributed by atoms with Crippen molar-refractivity contribution in [3.05, 3.63) is 28.6 Å². The van der Waals surface area contributed by atoms with Gasteiger partial charge in [-0.3, -0.25) is 0 Å². The Balaban J connectivity index is 2.81. The predicted molar refractivity (Wildman–Crippen MR) is 54.1 cm³/mol. The lowest BCUT2D eigenvalue weighted by Crippen LogP contribution is -1.86. The minimum atomic E-state index is -0.147. The summed E-state index contributed by atoms with van der Waals surface area (Å²) in [5, 5.41) is 8.91. The third kappa shape index (κ3) is 1.21. The monoisotopic (exact) mass is 191 g/mol. The number of nitrogens with zero attached hydrogens (tertiary/aromatic N) is 1. The second kappa shape index (κ2) is 3.10. The minimum absolute atomic E-state index is 0.147. The molecule has 3 nitrogen and oxygen atoms in total. The lowest BCUT2D eigenvalue weighted by atomic mass is 10.0. The summed E-state index contributed by atoms with van der Waals surface area (Å²) < 4.78 is 5.42. The van der Waals surface area contributed by atoms with Gasteiger partial charge in [-0.2, -0.15) is 0 Å². The molecule has 0 aliphatic heterocycles. The molecule has 1 N–H and O–H groups in total. The molecule has 0 saturated heterocycles. The Morgan fingerprint density at radius 1 is 1.29 bits per heavy atom. The van der Waals surface area contributed by atoms with Crippen LogP contribution >= 0.6 is 0 Å². The molecule has 14 heavy (non-hydrogen) atoms. The number of hydrogen-bond acceptors (Lipinski definition) is 3. The van der Waals surface area contributed by atoms with Crippen LogP contribution in [0.15, 0.2) is 10.5 Å². The van der Waals surface area contributed by atoms with E-state index in [9.17, 15) is 0 Å². The lowest BCUT2D eigenvalue weighted by molar-refractivity contribution is 0.244. The third-order valence-electron chi connectivity index (χ3n) is 2.68. The molecular formula is C11H13NO2. The van der Waals surface area contributed by atoms with Crippen LogP contribution in [-0.2, 0) is 6.61 Å². The van der Waals surface area contributed by atoms with Crippen molar-refractivity contribution in [3.8, 4) is 0 Å². The van der Waals surface area contributed by atoms with Crippen molar-refractivity contribution in [2.75, 3.05) is 0 Å². The Morgan fingerprint density at radius 3 is 2.64 bits per heavy atom. The number of oxazole rings is 1. The smallest absolute Gasteiger partial charge is 0.221 e. The molecule has 0 bridgehead atoms. The molecule has 1 heterocycles. The van der Waals surface area contributed by atoms with Crippen molar-refractivity contribution in [3.63, 3.8) is 0 Å². The van der Waals surface area contributed by atoms with Crippen LogP contribution in [0, 0.1) is 20.8 Å². The number of aromatic nitrogens is 1. The van der Waals surface area contributed by atoms with Gasteiger partial charge < -0.3 is 9.52 Å². The maximum absolute atomic E-state index is 8.91. The van der Waals surface area contributed by atoms with Crippen LogP contribution in [0.5, 0.6) is 0 Å². The maximum atomic E-state index is 8.91. The normalized spacial score (nSPS) is 11.1. The van der Waals surface area contributed by atoms with Gasteiger partial charge in [-0.15, -0.1) is 0 Å². The fourth-order valence-electron chi connectivity index (χ4n) is 1.59. The third-order valence-corrected chi connectivity index (χ3v) is 2.68. The summed E-state index contributed by atoms with van der Waals surface area (Å²) in [7, 11) is 0. The first-order chi connectivity index (χ1) is 6.63. The SMILES string of the molecule is Cc1cc2nc(CO)oc2c(C)c1C. The first kappa shape index (κ1) is 9.21. The van der Waals surface area contributed by atoms with E-state index in [1.807, 2.05) is 13.0 Å². The van der Waals surface area contributed by atoms with E-state index in [1.54, 1.807) is 0 Å². The van der Waals surface area contributed by atoms with Gasteiger partial charge in [-0.05, 0) is 43.5 Å². The predicted octanol–water partition coefficient (Wildman–Crippen LogP) is 2.25. The average molecular weight is 191 g/mol. The molecule has 1 aromatic heterocycles. The van der Waals surface area contributed by atoms with Crippen molar-refractivity contribution >= 4 is 11.1 Å². The fraction of sp³-hybridized carbons (Fsp3) is 0.364. The highest BCUT2D eigenvalue weighted by Gasteiger charge is 2.10. The summed E-state index contributed by atoms with van der Waals surface area (Å²) in [4.78, 5) is 4.18. The van der Waals surface area contributed by atoms with E-state index >= 15 is 0 Å². The molecule has 0 spiro atoms. The Kier molecular flexibility index (Phi) is 2.04. The molecule has 2 aromatic rings. The molecule has 0 unspecified atom stereocenters. The molecule has 1 aromatic carbocycles. The Morgan fingerprint density at radius 2 is 2.00 bits per heavy atom. The number of rotatable bonds is 1. The van der Waals surface area contributed by atoms with Gasteiger partial charge in [-0.1, -0.05) is 0 Å². The van der Waals surface area contributed by atoms with E-state index in [4.69, 9.17) is 9.52 Å². The van der Waals surface area contributed by atoms with Crippen molar-refractivity contribution in [1.29, 1.82) is 0 Å². The average Bonchev–Trinajstić information content (AvgIpc) is 2.57. The molecule has 2 rings (SSSR count). The molecule has 3 heteroatoms. The van der Waals surface area contributed by atoms with Crippen LogP contribution < -0.4 is 0 Å². The molecule has 0 atom stereocenters. The van der Waals surface area contributed by atoms with E-state index in [2.05, 4.69) is 18.8 Å². The van der Waals surface area contributed by atoms with E-state index in [1.165, 1.54) is 11.1 Å². The van der Waals surface area contributed by atoms with E-state index in [0.717, 1.165) is 16.7 Å². The Bertz CT molecular complexity index is 485. The second-order valence-corrected chi connectivity index (χ2v) is 3.56. The molecule has 0 aliphatic carbocycles. The van der Waals surface area contributed by atoms with Crippen LogP contribution in [-0.4, -0.2) is 10.1 Å². The molecule has 74 valence electrons. The zero-order valence-electron chi connectivity index (χ0n) is 8.59. The Labute approximate surface area is 82.4 Å². The molecule has 0 aliphatic rings. The van der Waals surface area contributed by atoms with Crippen molar-refractivity contribution in [2.24, 2.45) is 0 Å². The van der Waals surface area contributed by atoms with Crippen molar-refractivity contribution < 1.29 is 9.52 Å². The molecular weight excluding hydrogens is 178 g/mol. The summed E-state index contributed by atoms with van der Waals surface area (Å²) in [5.41, 5.74) is 5.14. The molecule has 0 amide bonds. The van der Waals surface area contributed by atoms with Crippen LogP contribution in [0.2, 0.25) is 0 Å². The number of aliphatic hydroxyl groups excluding tert-OH is 1. The highest BCUT2D eigenvalue weighted by Crippen LogP contribution is 2.25. The Hall–Kier alpha value is -1.35. The van der Waals surface area contributed by atoms with Gasteiger partial charge in [0.1, 0.15) is 12.1 Å². The van der Waals surface area contributed by atoms with Gasteiger partial charge in [0.2, 0.25) is 5.89 Å². The zero-order valence-corrected chi connectivity index (χ0v) is 8.59. The van der Waals surface area contributed by atoms with E-state index in [0.29, 0.717) is 5.89 Å². The van der Waals surface area contributed by atoms with E-state index < -0.39 is 0 Å². The van der Waals surface area contributed by atoms with Gasteiger partial charge in [0.25, 0.3) is 0 Å². The van der Waals surface area contributed by atoms with Crippen LogP contribution in [0.25, 0.3) is 11.1 Å². The fourth-order valence-corrected chi connectivity index (χ4v) is 1.59. The van der Waals surface area contributed by atoms with Gasteiger partial charge in [0.05, 0.1) is 0 Å². The lowest BCUT2D eigenvalue weighted by Gasteiger charge is -2.03. The second-order valence-electron chi connectivity index (χ2n) is 3.56. The number of hydrogen-bond donors (Lipinski definition) is 1. The minimum Gasteiger partial charge on any atom is -0.438 e. The quantitative estimate of drug-likeness (QED) is 0.752. The summed E-state index contributed by atoms with van der Waals surface area (Å²) in [6.45, 7) is 5.98. The van der Waals surface area contributed by atoms with Crippen LogP contribution in [0.3, 0.4) is 0 Å². The summed E-state index contributed by atoms with van der Waals surface area (Å²) >= 11 is 0. The van der Waals surface area contributed by atoms with Crippen LogP contribution in [0.4, 0.5) is 0 Å². The zero-order chi connectivity index (χ0) is 10.3. The highest BCUT2D eigenvalue weighted by molar-refractivity contribution is 5.78. The largest absolute Gasteiger partial charge is 0.438 e. The number of aryl methyl sites for hydroxylation is 2. The first-order valence-corrected chi connectivity index (χ1v) is 4.60. The number of benzene rings is 1. The standard InChI is InChI=1S/C11H13NO2/c1-6-4-9-11(8(3)7(6)2)14-10(5-13)12-9/h4,13H,5H2,1-3H3. The number of fused-ring (bicyclic) bond motifs is 1. The van der Waals surface area contributed by atoms with Gasteiger partial charge >= 0.3 is 0 Å². The first-order valence-electron chi connectivity index (χ1n) is 4.60. The molecule has 0 saturated carbocycles. The van der Waals surface area contributed by atoms with Crippen LogP contribution in [0.1, 0.15) is 22.6 Å². The van der Waals surface area contributed by atoms with Crippen molar-refractivity contribution in [2.45, 2.75) is 27.4 Å². The molecule has 0 radical (unpaired) electrons. The van der Waals surface area contributed by atoms with E-state index in [-0.39, 0.29) is 6.61 Å². The highest BCUT2D eigenvalue weighted by atomic mass is 16.4. The topological polar surface area (TPSA) is 46.3 Å². The van der Waals surface area contributed by atoms with Gasteiger partial charge in [0, 0.05) is 0 Å². The molecule has 0 fully saturated rings. The van der Waals surface area contributed by atoms with Crippen molar-refractivity contribution in [1.82, 2.24) is 4.98 Å². The van der Waals surface area contributed by atoms with Gasteiger partial charge in [0.15, 0.2) is 5.58 Å². The summed E-state index contributed by atoms with van der Waals surface area (Å²) in [6, 6.07) is 1.99. The summed E-state index contributed by atoms with van der Waals surface area (Å²) in [5.74, 6) is 0.383. The maximum Gasteiger partial charge on any atom is 0.221 e.